The number of hydrogen-bond acceptors (Lipinski definition) is 4. The van der Waals surface area contributed by atoms with Crippen molar-refractivity contribution in [3.05, 3.63) is 18.2 Å². The van der Waals surface area contributed by atoms with Crippen LogP contribution in [0.3, 0.4) is 0 Å². The maximum Gasteiger partial charge on any atom is 0.222 e. The fourth-order valence-electron chi connectivity index (χ4n) is 1.86. The summed E-state index contributed by atoms with van der Waals surface area (Å²) in [5.41, 5.74) is 0. The van der Waals surface area contributed by atoms with Crippen LogP contribution in [0.2, 0.25) is 0 Å². The molecule has 1 amide bonds. The van der Waals surface area contributed by atoms with E-state index >= 15 is 0 Å². The third kappa shape index (κ3) is 3.74. The number of amides is 1. The van der Waals surface area contributed by atoms with Crippen molar-refractivity contribution >= 4 is 17.7 Å². The second-order valence-corrected chi connectivity index (χ2v) is 5.34. The van der Waals surface area contributed by atoms with Gasteiger partial charge in [0.1, 0.15) is 5.82 Å². The van der Waals surface area contributed by atoms with Crippen molar-refractivity contribution < 1.29 is 4.79 Å². The molecule has 1 aromatic rings. The number of thioether (sulfide) groups is 1. The van der Waals surface area contributed by atoms with Crippen molar-refractivity contribution in [2.75, 3.05) is 18.1 Å². The largest absolute Gasteiger partial charge is 0.347 e. The molecule has 1 fully saturated rings. The monoisotopic (exact) mass is 254 g/mol. The number of nitrogens with one attached hydrogen (secondary N) is 3. The Morgan fingerprint density at radius 2 is 2.65 bits per heavy atom. The van der Waals surface area contributed by atoms with Crippen LogP contribution in [0.4, 0.5) is 0 Å². The lowest BCUT2D eigenvalue weighted by molar-refractivity contribution is -0.122. The first-order valence-corrected chi connectivity index (χ1v) is 7.01. The number of nitrogens with zero attached hydrogens (tertiary/aromatic N) is 1. The molecule has 0 aromatic carbocycles. The van der Waals surface area contributed by atoms with E-state index < -0.39 is 0 Å². The zero-order chi connectivity index (χ0) is 12.1. The van der Waals surface area contributed by atoms with Gasteiger partial charge in [-0.15, -0.1) is 0 Å². The summed E-state index contributed by atoms with van der Waals surface area (Å²) in [5.74, 6) is 3.03. The van der Waals surface area contributed by atoms with Crippen molar-refractivity contribution in [1.29, 1.82) is 0 Å². The SMILES string of the molecule is CC(NC(=O)CC1CSCCN1)c1ncc[nH]1. The number of imidazole rings is 1. The van der Waals surface area contributed by atoms with Gasteiger partial charge in [0.2, 0.25) is 5.91 Å². The molecule has 2 heterocycles. The number of rotatable bonds is 4. The maximum atomic E-state index is 11.8. The van der Waals surface area contributed by atoms with Gasteiger partial charge in [0.25, 0.3) is 0 Å². The first-order chi connectivity index (χ1) is 8.25. The van der Waals surface area contributed by atoms with Crippen molar-refractivity contribution in [1.82, 2.24) is 20.6 Å². The lowest BCUT2D eigenvalue weighted by atomic mass is 10.2. The van der Waals surface area contributed by atoms with Gasteiger partial charge in [0.15, 0.2) is 0 Å². The molecule has 0 bridgehead atoms. The highest BCUT2D eigenvalue weighted by molar-refractivity contribution is 7.99. The molecule has 94 valence electrons. The molecule has 2 unspecified atom stereocenters. The Bertz CT molecular complexity index is 348. The van der Waals surface area contributed by atoms with Gasteiger partial charge in [-0.3, -0.25) is 4.79 Å². The predicted octanol–water partition coefficient (Wildman–Crippen LogP) is 0.682. The molecule has 1 saturated heterocycles. The van der Waals surface area contributed by atoms with Crippen LogP contribution in [-0.2, 0) is 4.79 Å². The van der Waals surface area contributed by atoms with Crippen LogP contribution >= 0.6 is 11.8 Å². The van der Waals surface area contributed by atoms with E-state index in [2.05, 4.69) is 20.6 Å². The average Bonchev–Trinajstić information content (AvgIpc) is 2.83. The predicted molar refractivity (Wildman–Crippen MR) is 68.9 cm³/mol. The highest BCUT2D eigenvalue weighted by Crippen LogP contribution is 2.11. The van der Waals surface area contributed by atoms with Crippen molar-refractivity contribution in [2.24, 2.45) is 0 Å². The Morgan fingerprint density at radius 1 is 1.76 bits per heavy atom. The summed E-state index contributed by atoms with van der Waals surface area (Å²) < 4.78 is 0. The van der Waals surface area contributed by atoms with Crippen LogP contribution in [0.5, 0.6) is 0 Å². The minimum absolute atomic E-state index is 0.0613. The number of carbonyl (C=O) groups is 1. The van der Waals surface area contributed by atoms with Gasteiger partial charge in [-0.05, 0) is 6.92 Å². The van der Waals surface area contributed by atoms with Crippen LogP contribution < -0.4 is 10.6 Å². The highest BCUT2D eigenvalue weighted by Gasteiger charge is 2.18. The Kier molecular flexibility index (Phi) is 4.44. The quantitative estimate of drug-likeness (QED) is 0.739. The van der Waals surface area contributed by atoms with Crippen molar-refractivity contribution in [3.8, 4) is 0 Å². The van der Waals surface area contributed by atoms with Crippen molar-refractivity contribution in [3.63, 3.8) is 0 Å². The summed E-state index contributed by atoms with van der Waals surface area (Å²) in [4.78, 5) is 18.9. The van der Waals surface area contributed by atoms with Gasteiger partial charge >= 0.3 is 0 Å². The zero-order valence-corrected chi connectivity index (χ0v) is 10.7. The van der Waals surface area contributed by atoms with Gasteiger partial charge < -0.3 is 15.6 Å². The van der Waals surface area contributed by atoms with Gasteiger partial charge in [-0.25, -0.2) is 4.98 Å². The Morgan fingerprint density at radius 3 is 3.29 bits per heavy atom. The number of H-pyrrole nitrogens is 1. The normalized spacial score (nSPS) is 22.1. The molecule has 1 aliphatic heterocycles. The molecule has 5 nitrogen and oxygen atoms in total. The molecule has 0 spiro atoms. The number of aromatic amines is 1. The Balaban J connectivity index is 1.76. The van der Waals surface area contributed by atoms with Crippen LogP contribution in [-0.4, -0.2) is 40.0 Å². The Hall–Kier alpha value is -1.01. The first kappa shape index (κ1) is 12.4. The summed E-state index contributed by atoms with van der Waals surface area (Å²) in [6.07, 6.45) is 3.99. The highest BCUT2D eigenvalue weighted by atomic mass is 32.2. The average molecular weight is 254 g/mol. The number of carbonyl (C=O) groups excluding carboxylic acids is 1. The number of aromatic nitrogens is 2. The van der Waals surface area contributed by atoms with Crippen LogP contribution in [0, 0.1) is 0 Å². The summed E-state index contributed by atoms with van der Waals surface area (Å²) >= 11 is 1.90. The minimum atomic E-state index is -0.0613. The summed E-state index contributed by atoms with van der Waals surface area (Å²) in [6.45, 7) is 2.93. The van der Waals surface area contributed by atoms with E-state index in [4.69, 9.17) is 0 Å². The second-order valence-electron chi connectivity index (χ2n) is 4.19. The molecule has 17 heavy (non-hydrogen) atoms. The van der Waals surface area contributed by atoms with E-state index in [1.165, 1.54) is 0 Å². The van der Waals surface area contributed by atoms with E-state index in [0.717, 1.165) is 23.9 Å². The molecular weight excluding hydrogens is 236 g/mol. The molecule has 0 saturated carbocycles. The summed E-state index contributed by atoms with van der Waals surface area (Å²) in [7, 11) is 0. The maximum absolute atomic E-state index is 11.8. The van der Waals surface area contributed by atoms with E-state index in [1.54, 1.807) is 12.4 Å². The molecule has 1 aromatic heterocycles. The van der Waals surface area contributed by atoms with Crippen LogP contribution in [0.1, 0.15) is 25.2 Å². The molecule has 0 radical (unpaired) electrons. The topological polar surface area (TPSA) is 69.8 Å². The summed E-state index contributed by atoms with van der Waals surface area (Å²) in [5, 5.41) is 6.30. The molecule has 6 heteroatoms. The number of hydrogen-bond donors (Lipinski definition) is 3. The van der Waals surface area contributed by atoms with E-state index in [0.29, 0.717) is 12.5 Å². The standard InChI is InChI=1S/C11H18N4OS/c1-8(11-13-2-3-14-11)15-10(16)6-9-7-17-5-4-12-9/h2-3,8-9,12H,4-7H2,1H3,(H,13,14)(H,15,16). The van der Waals surface area contributed by atoms with Crippen LogP contribution in [0.25, 0.3) is 0 Å². The third-order valence-corrected chi connectivity index (χ3v) is 3.87. The Labute approximate surface area is 105 Å². The fourth-order valence-corrected chi connectivity index (χ4v) is 2.81. The minimum Gasteiger partial charge on any atom is -0.347 e. The molecular formula is C11H18N4OS. The van der Waals surface area contributed by atoms with Gasteiger partial charge in [-0.2, -0.15) is 11.8 Å². The van der Waals surface area contributed by atoms with E-state index in [-0.39, 0.29) is 11.9 Å². The van der Waals surface area contributed by atoms with Crippen molar-refractivity contribution in [2.45, 2.75) is 25.4 Å². The smallest absolute Gasteiger partial charge is 0.222 e. The van der Waals surface area contributed by atoms with Gasteiger partial charge in [0.05, 0.1) is 6.04 Å². The zero-order valence-electron chi connectivity index (χ0n) is 9.90. The summed E-state index contributed by atoms with van der Waals surface area (Å²) in [6, 6.07) is 0.242. The van der Waals surface area contributed by atoms with Gasteiger partial charge in [0, 0.05) is 42.9 Å². The molecule has 1 aliphatic rings. The first-order valence-electron chi connectivity index (χ1n) is 5.85. The molecule has 2 atom stereocenters. The lowest BCUT2D eigenvalue weighted by Crippen LogP contribution is -2.41. The molecule has 0 aliphatic carbocycles. The molecule has 2 rings (SSSR count). The second kappa shape index (κ2) is 6.07. The molecule has 3 N–H and O–H groups in total. The van der Waals surface area contributed by atoms with Crippen LogP contribution in [0.15, 0.2) is 12.4 Å². The third-order valence-electron chi connectivity index (χ3n) is 2.74. The van der Waals surface area contributed by atoms with Gasteiger partial charge in [-0.1, -0.05) is 0 Å². The van der Waals surface area contributed by atoms with E-state index in [9.17, 15) is 4.79 Å². The fraction of sp³-hybridized carbons (Fsp3) is 0.636. The van der Waals surface area contributed by atoms with E-state index in [1.807, 2.05) is 18.7 Å². The lowest BCUT2D eigenvalue weighted by Gasteiger charge is -2.23.